The fourth-order valence-corrected chi connectivity index (χ4v) is 2.71. The Bertz CT molecular complexity index is 445. The highest BCUT2D eigenvalue weighted by Crippen LogP contribution is 2.41. The van der Waals surface area contributed by atoms with Gasteiger partial charge in [0.15, 0.2) is 0 Å². The van der Waals surface area contributed by atoms with Crippen LogP contribution in [0.15, 0.2) is 18.2 Å². The van der Waals surface area contributed by atoms with Crippen LogP contribution in [0.5, 0.6) is 5.75 Å². The maximum absolute atomic E-state index is 13.2. The summed E-state index contributed by atoms with van der Waals surface area (Å²) in [5.74, 6) is 0.393. The summed E-state index contributed by atoms with van der Waals surface area (Å²) in [6.45, 7) is 3.51. The Kier molecular flexibility index (Phi) is 4.04. The number of halogens is 3. The molecule has 0 bridgehead atoms. The lowest BCUT2D eigenvalue weighted by molar-refractivity contribution is -0.138. The molecule has 1 saturated heterocycles. The van der Waals surface area contributed by atoms with Gasteiger partial charge in [0.1, 0.15) is 5.75 Å². The minimum absolute atomic E-state index is 0.0521. The maximum atomic E-state index is 13.2. The van der Waals surface area contributed by atoms with Crippen molar-refractivity contribution in [2.45, 2.75) is 25.4 Å². The SMILES string of the molecule is COc1ccc([C@H]2CCNC[C@H]2C)c(C(F)(F)F)c1. The van der Waals surface area contributed by atoms with Crippen molar-refractivity contribution in [1.82, 2.24) is 5.32 Å². The van der Waals surface area contributed by atoms with E-state index >= 15 is 0 Å². The normalized spacial score (nSPS) is 24.3. The molecule has 1 aromatic rings. The topological polar surface area (TPSA) is 21.3 Å². The lowest BCUT2D eigenvalue weighted by Gasteiger charge is -2.31. The van der Waals surface area contributed by atoms with E-state index in [0.29, 0.717) is 5.56 Å². The van der Waals surface area contributed by atoms with Crippen LogP contribution in [0.1, 0.15) is 30.4 Å². The van der Waals surface area contributed by atoms with Crippen LogP contribution in [-0.4, -0.2) is 20.2 Å². The van der Waals surface area contributed by atoms with Crippen LogP contribution in [0.25, 0.3) is 0 Å². The van der Waals surface area contributed by atoms with Gasteiger partial charge in [0.25, 0.3) is 0 Å². The summed E-state index contributed by atoms with van der Waals surface area (Å²) < 4.78 is 44.4. The van der Waals surface area contributed by atoms with Gasteiger partial charge in [-0.1, -0.05) is 13.0 Å². The van der Waals surface area contributed by atoms with Crippen molar-refractivity contribution in [1.29, 1.82) is 0 Å². The molecule has 5 heteroatoms. The average molecular weight is 273 g/mol. The largest absolute Gasteiger partial charge is 0.497 e. The Labute approximate surface area is 111 Å². The van der Waals surface area contributed by atoms with Gasteiger partial charge in [0, 0.05) is 0 Å². The van der Waals surface area contributed by atoms with Crippen LogP contribution in [0, 0.1) is 5.92 Å². The zero-order valence-electron chi connectivity index (χ0n) is 11.1. The fraction of sp³-hybridized carbons (Fsp3) is 0.571. The number of rotatable bonds is 2. The molecule has 0 saturated carbocycles. The molecule has 1 aliphatic rings. The summed E-state index contributed by atoms with van der Waals surface area (Å²) in [5, 5.41) is 3.21. The number of piperidine rings is 1. The lowest BCUT2D eigenvalue weighted by atomic mass is 9.80. The standard InChI is InChI=1S/C14H18F3NO/c1-9-8-18-6-5-11(9)12-4-3-10(19-2)7-13(12)14(15,16)17/h3-4,7,9,11,18H,5-6,8H2,1-2H3/t9-,11+/m1/s1. The second-order valence-electron chi connectivity index (χ2n) is 5.03. The Morgan fingerprint density at radius 3 is 2.63 bits per heavy atom. The van der Waals surface area contributed by atoms with Crippen molar-refractivity contribution < 1.29 is 17.9 Å². The first-order valence-electron chi connectivity index (χ1n) is 6.39. The predicted octanol–water partition coefficient (Wildman–Crippen LogP) is 3.43. The van der Waals surface area contributed by atoms with E-state index in [1.807, 2.05) is 6.92 Å². The van der Waals surface area contributed by atoms with Gasteiger partial charge in [-0.05, 0) is 49.0 Å². The number of benzene rings is 1. The van der Waals surface area contributed by atoms with Crippen molar-refractivity contribution in [3.8, 4) is 5.75 Å². The molecule has 0 radical (unpaired) electrons. The Hall–Kier alpha value is -1.23. The molecule has 2 rings (SSSR count). The summed E-state index contributed by atoms with van der Waals surface area (Å²) in [7, 11) is 1.38. The molecule has 0 unspecified atom stereocenters. The summed E-state index contributed by atoms with van der Waals surface area (Å²) in [5.41, 5.74) is -0.173. The van der Waals surface area contributed by atoms with Gasteiger partial charge in [-0.25, -0.2) is 0 Å². The molecule has 0 amide bonds. The van der Waals surface area contributed by atoms with E-state index in [0.717, 1.165) is 25.6 Å². The second kappa shape index (κ2) is 5.41. The third-order valence-corrected chi connectivity index (χ3v) is 3.75. The van der Waals surface area contributed by atoms with Crippen LogP contribution >= 0.6 is 0 Å². The van der Waals surface area contributed by atoms with Gasteiger partial charge in [0.2, 0.25) is 0 Å². The number of ether oxygens (including phenoxy) is 1. The van der Waals surface area contributed by atoms with Gasteiger partial charge in [-0.3, -0.25) is 0 Å². The highest BCUT2D eigenvalue weighted by molar-refractivity contribution is 5.40. The van der Waals surface area contributed by atoms with Gasteiger partial charge in [-0.2, -0.15) is 13.2 Å². The number of alkyl halides is 3. The molecule has 0 aromatic heterocycles. The molecule has 1 heterocycles. The molecule has 0 spiro atoms. The first-order chi connectivity index (χ1) is 8.93. The molecule has 2 nitrogen and oxygen atoms in total. The van der Waals surface area contributed by atoms with Gasteiger partial charge < -0.3 is 10.1 Å². The zero-order valence-corrected chi connectivity index (χ0v) is 11.1. The molecule has 1 aromatic carbocycles. The third kappa shape index (κ3) is 3.03. The Morgan fingerprint density at radius 1 is 1.32 bits per heavy atom. The van der Waals surface area contributed by atoms with E-state index in [1.165, 1.54) is 7.11 Å². The number of methoxy groups -OCH3 is 1. The quantitative estimate of drug-likeness (QED) is 0.891. The average Bonchev–Trinajstić information content (AvgIpc) is 2.38. The highest BCUT2D eigenvalue weighted by Gasteiger charge is 2.37. The molecular formula is C14H18F3NO. The van der Waals surface area contributed by atoms with Crippen molar-refractivity contribution in [3.63, 3.8) is 0 Å². The highest BCUT2D eigenvalue weighted by atomic mass is 19.4. The predicted molar refractivity (Wildman–Crippen MR) is 67.4 cm³/mol. The molecule has 2 atom stereocenters. The summed E-state index contributed by atoms with van der Waals surface area (Å²) >= 11 is 0. The van der Waals surface area contributed by atoms with Crippen molar-refractivity contribution in [2.24, 2.45) is 5.92 Å². The van der Waals surface area contributed by atoms with E-state index in [2.05, 4.69) is 5.32 Å². The van der Waals surface area contributed by atoms with E-state index < -0.39 is 11.7 Å². The van der Waals surface area contributed by atoms with Crippen molar-refractivity contribution in [2.75, 3.05) is 20.2 Å². The monoisotopic (exact) mass is 273 g/mol. The van der Waals surface area contributed by atoms with Crippen molar-refractivity contribution >= 4 is 0 Å². The Balaban J connectivity index is 2.43. The molecule has 1 aliphatic heterocycles. The molecule has 0 aliphatic carbocycles. The number of hydrogen-bond donors (Lipinski definition) is 1. The van der Waals surface area contributed by atoms with Gasteiger partial charge in [-0.15, -0.1) is 0 Å². The van der Waals surface area contributed by atoms with E-state index in [-0.39, 0.29) is 17.6 Å². The van der Waals surface area contributed by atoms with Crippen LogP contribution < -0.4 is 10.1 Å². The van der Waals surface area contributed by atoms with E-state index in [1.54, 1.807) is 12.1 Å². The fourth-order valence-electron chi connectivity index (χ4n) is 2.71. The zero-order chi connectivity index (χ0) is 14.0. The first kappa shape index (κ1) is 14.2. The summed E-state index contributed by atoms with van der Waals surface area (Å²) in [6.07, 6.45) is -3.61. The number of hydrogen-bond acceptors (Lipinski definition) is 2. The van der Waals surface area contributed by atoms with Gasteiger partial charge >= 0.3 is 6.18 Å². The summed E-state index contributed by atoms with van der Waals surface area (Å²) in [4.78, 5) is 0. The van der Waals surface area contributed by atoms with Crippen molar-refractivity contribution in [3.05, 3.63) is 29.3 Å². The molecule has 19 heavy (non-hydrogen) atoms. The van der Waals surface area contributed by atoms with Crippen LogP contribution in [0.3, 0.4) is 0 Å². The van der Waals surface area contributed by atoms with Crippen LogP contribution in [-0.2, 0) is 6.18 Å². The minimum Gasteiger partial charge on any atom is -0.497 e. The van der Waals surface area contributed by atoms with E-state index in [4.69, 9.17) is 4.74 Å². The number of nitrogens with one attached hydrogen (secondary N) is 1. The molecule has 106 valence electrons. The summed E-state index contributed by atoms with van der Waals surface area (Å²) in [6, 6.07) is 4.28. The molecule has 1 fully saturated rings. The second-order valence-corrected chi connectivity index (χ2v) is 5.03. The Morgan fingerprint density at radius 2 is 2.05 bits per heavy atom. The first-order valence-corrected chi connectivity index (χ1v) is 6.39. The molecule has 1 N–H and O–H groups in total. The lowest BCUT2D eigenvalue weighted by Crippen LogP contribution is -2.34. The smallest absolute Gasteiger partial charge is 0.416 e. The third-order valence-electron chi connectivity index (χ3n) is 3.75. The maximum Gasteiger partial charge on any atom is 0.416 e. The van der Waals surface area contributed by atoms with Crippen LogP contribution in [0.4, 0.5) is 13.2 Å². The molecular weight excluding hydrogens is 255 g/mol. The van der Waals surface area contributed by atoms with Gasteiger partial charge in [0.05, 0.1) is 12.7 Å². The minimum atomic E-state index is -4.34. The van der Waals surface area contributed by atoms with E-state index in [9.17, 15) is 13.2 Å². The van der Waals surface area contributed by atoms with Crippen LogP contribution in [0.2, 0.25) is 0 Å².